The molecule has 0 saturated carbocycles. The number of rotatable bonds is 5. The Morgan fingerprint density at radius 2 is 1.94 bits per heavy atom. The topological polar surface area (TPSA) is 110 Å². The summed E-state index contributed by atoms with van der Waals surface area (Å²) >= 11 is 0. The van der Waals surface area contributed by atoms with Crippen molar-refractivity contribution in [2.24, 2.45) is 5.92 Å². The number of nitrogens with zero attached hydrogens (tertiary/aromatic N) is 3. The van der Waals surface area contributed by atoms with Crippen molar-refractivity contribution in [2.45, 2.75) is 26.0 Å². The number of carbonyl (C=O) groups is 3. The molecule has 0 spiro atoms. The van der Waals surface area contributed by atoms with E-state index in [-0.39, 0.29) is 49.0 Å². The fourth-order valence-electron chi connectivity index (χ4n) is 4.10. The van der Waals surface area contributed by atoms with E-state index in [1.807, 2.05) is 13.8 Å². The van der Waals surface area contributed by atoms with Crippen molar-refractivity contribution in [3.05, 3.63) is 53.9 Å². The van der Waals surface area contributed by atoms with E-state index in [9.17, 15) is 14.4 Å². The predicted molar refractivity (Wildman–Crippen MR) is 134 cm³/mol. The van der Waals surface area contributed by atoms with Gasteiger partial charge in [-0.3, -0.25) is 19.4 Å². The van der Waals surface area contributed by atoms with Crippen molar-refractivity contribution in [3.8, 4) is 5.75 Å². The molecule has 0 bridgehead atoms. The summed E-state index contributed by atoms with van der Waals surface area (Å²) in [6.45, 7) is 4.64. The summed E-state index contributed by atoms with van der Waals surface area (Å²) in [5.41, 5.74) is 1.09. The molecule has 10 heteroatoms. The van der Waals surface area contributed by atoms with Gasteiger partial charge < -0.3 is 29.3 Å². The molecule has 0 aliphatic carbocycles. The van der Waals surface area contributed by atoms with E-state index in [0.717, 1.165) is 0 Å². The monoisotopic (exact) mass is 498 g/mol. The number of methoxy groups -OCH3 is 2. The third-order valence-corrected chi connectivity index (χ3v) is 6.15. The van der Waals surface area contributed by atoms with Gasteiger partial charge in [-0.1, -0.05) is 13.0 Å². The lowest BCUT2D eigenvalue weighted by Crippen LogP contribution is -2.48. The van der Waals surface area contributed by atoms with Crippen LogP contribution in [0, 0.1) is 5.92 Å². The van der Waals surface area contributed by atoms with Crippen LogP contribution < -0.4 is 10.1 Å². The molecule has 1 N–H and O–H groups in total. The third-order valence-electron chi connectivity index (χ3n) is 6.15. The third kappa shape index (κ3) is 6.58. The molecular weight excluding hydrogens is 464 g/mol. The zero-order valence-electron chi connectivity index (χ0n) is 21.4. The van der Waals surface area contributed by atoms with Gasteiger partial charge in [0.1, 0.15) is 24.7 Å². The first-order chi connectivity index (χ1) is 17.2. The molecule has 2 aromatic rings. The molecule has 36 heavy (non-hydrogen) atoms. The van der Waals surface area contributed by atoms with Crippen molar-refractivity contribution in [1.82, 2.24) is 14.8 Å². The number of carbonyl (C=O) groups excluding carboxylic acids is 3. The molecule has 10 nitrogen and oxygen atoms in total. The standard InChI is InChI=1S/C26H34N4O6/c1-17-13-30(26(33)21-8-6-7-11-27-21)18(2)15-36-22-10-9-19(28-24(31)16-34-4)12-20(22)25(32)29(3)14-23(17)35-5/h6-12,17-18,23H,13-16H2,1-5H3,(H,28,31)/t17-,18-,23+/m0/s1. The Bertz CT molecular complexity index is 1060. The first kappa shape index (κ1) is 27.1. The van der Waals surface area contributed by atoms with Crippen LogP contribution in [0.2, 0.25) is 0 Å². The molecule has 0 saturated heterocycles. The predicted octanol–water partition coefficient (Wildman–Crippen LogP) is 2.31. The van der Waals surface area contributed by atoms with E-state index in [1.54, 1.807) is 66.6 Å². The van der Waals surface area contributed by atoms with E-state index in [0.29, 0.717) is 35.8 Å². The fraction of sp³-hybridized carbons (Fsp3) is 0.462. The van der Waals surface area contributed by atoms with Crippen molar-refractivity contribution in [1.29, 1.82) is 0 Å². The van der Waals surface area contributed by atoms with Crippen molar-refractivity contribution in [3.63, 3.8) is 0 Å². The Hall–Kier alpha value is -3.50. The van der Waals surface area contributed by atoms with Gasteiger partial charge in [0.15, 0.2) is 0 Å². The lowest BCUT2D eigenvalue weighted by molar-refractivity contribution is -0.119. The number of aromatic nitrogens is 1. The first-order valence-electron chi connectivity index (χ1n) is 11.8. The first-order valence-corrected chi connectivity index (χ1v) is 11.8. The number of likely N-dealkylation sites (N-methyl/N-ethyl adjacent to an activating group) is 1. The van der Waals surface area contributed by atoms with Crippen LogP contribution in [-0.4, -0.2) is 92.2 Å². The van der Waals surface area contributed by atoms with Gasteiger partial charge >= 0.3 is 0 Å². The number of fused-ring (bicyclic) bond motifs is 1. The average molecular weight is 499 g/mol. The van der Waals surface area contributed by atoms with Gasteiger partial charge in [0, 0.05) is 52.2 Å². The lowest BCUT2D eigenvalue weighted by Gasteiger charge is -2.36. The van der Waals surface area contributed by atoms with Gasteiger partial charge in [0.05, 0.1) is 17.7 Å². The maximum absolute atomic E-state index is 13.4. The summed E-state index contributed by atoms with van der Waals surface area (Å²) in [6.07, 6.45) is 1.27. The molecule has 1 aromatic carbocycles. The van der Waals surface area contributed by atoms with Gasteiger partial charge in [-0.25, -0.2) is 0 Å². The van der Waals surface area contributed by atoms with Gasteiger partial charge in [0.2, 0.25) is 5.91 Å². The Morgan fingerprint density at radius 1 is 1.17 bits per heavy atom. The number of anilines is 1. The second kappa shape index (κ2) is 12.5. The van der Waals surface area contributed by atoms with E-state index < -0.39 is 0 Å². The molecule has 0 fully saturated rings. The van der Waals surface area contributed by atoms with Gasteiger partial charge in [-0.05, 0) is 37.3 Å². The highest BCUT2D eigenvalue weighted by atomic mass is 16.5. The molecule has 0 radical (unpaired) electrons. The molecule has 0 unspecified atom stereocenters. The molecule has 1 aliphatic rings. The Balaban J connectivity index is 1.96. The average Bonchev–Trinajstić information content (AvgIpc) is 2.88. The fourth-order valence-corrected chi connectivity index (χ4v) is 4.10. The summed E-state index contributed by atoms with van der Waals surface area (Å²) in [4.78, 5) is 46.3. The molecule has 3 atom stereocenters. The van der Waals surface area contributed by atoms with Gasteiger partial charge in [0.25, 0.3) is 11.8 Å². The Morgan fingerprint density at radius 3 is 2.61 bits per heavy atom. The molecule has 3 rings (SSSR count). The zero-order valence-corrected chi connectivity index (χ0v) is 21.4. The van der Waals surface area contributed by atoms with Gasteiger partial charge in [-0.2, -0.15) is 0 Å². The van der Waals surface area contributed by atoms with Gasteiger partial charge in [-0.15, -0.1) is 0 Å². The van der Waals surface area contributed by atoms with Crippen molar-refractivity contribution in [2.75, 3.05) is 52.9 Å². The van der Waals surface area contributed by atoms with Crippen LogP contribution >= 0.6 is 0 Å². The highest BCUT2D eigenvalue weighted by Crippen LogP contribution is 2.26. The summed E-state index contributed by atoms with van der Waals surface area (Å²) in [7, 11) is 4.72. The maximum Gasteiger partial charge on any atom is 0.272 e. The molecule has 194 valence electrons. The van der Waals surface area contributed by atoms with Crippen molar-refractivity contribution >= 4 is 23.4 Å². The number of pyridine rings is 1. The minimum atomic E-state index is -0.335. The number of hydrogen-bond acceptors (Lipinski definition) is 7. The van der Waals surface area contributed by atoms with E-state index >= 15 is 0 Å². The normalized spacial score (nSPS) is 21.0. The number of ether oxygens (including phenoxy) is 3. The number of nitrogens with one attached hydrogen (secondary N) is 1. The summed E-state index contributed by atoms with van der Waals surface area (Å²) in [5.74, 6) is -0.531. The zero-order chi connectivity index (χ0) is 26.2. The van der Waals surface area contributed by atoms with E-state index in [4.69, 9.17) is 14.2 Å². The number of benzene rings is 1. The van der Waals surface area contributed by atoms with E-state index in [2.05, 4.69) is 10.3 Å². The smallest absolute Gasteiger partial charge is 0.272 e. The van der Waals surface area contributed by atoms with Crippen LogP contribution in [-0.2, 0) is 14.3 Å². The molecule has 1 aliphatic heterocycles. The molecule has 1 aromatic heterocycles. The second-order valence-corrected chi connectivity index (χ2v) is 8.96. The summed E-state index contributed by atoms with van der Waals surface area (Å²) < 4.78 is 16.7. The number of amides is 3. The molecule has 2 heterocycles. The summed E-state index contributed by atoms with van der Waals surface area (Å²) in [6, 6.07) is 9.79. The summed E-state index contributed by atoms with van der Waals surface area (Å²) in [5, 5.41) is 2.72. The van der Waals surface area contributed by atoms with Crippen LogP contribution in [0.15, 0.2) is 42.6 Å². The van der Waals surface area contributed by atoms with Crippen molar-refractivity contribution < 1.29 is 28.6 Å². The van der Waals surface area contributed by atoms with Crippen LogP contribution in [0.4, 0.5) is 5.69 Å². The second-order valence-electron chi connectivity index (χ2n) is 8.96. The minimum Gasteiger partial charge on any atom is -0.491 e. The Kier molecular flexibility index (Phi) is 9.38. The Labute approximate surface area is 211 Å². The highest BCUT2D eigenvalue weighted by molar-refractivity contribution is 5.99. The largest absolute Gasteiger partial charge is 0.491 e. The van der Waals surface area contributed by atoms with Crippen LogP contribution in [0.5, 0.6) is 5.75 Å². The molecule has 3 amide bonds. The van der Waals surface area contributed by atoms with Crippen LogP contribution in [0.1, 0.15) is 34.7 Å². The maximum atomic E-state index is 13.4. The highest BCUT2D eigenvalue weighted by Gasteiger charge is 2.31. The quantitative estimate of drug-likeness (QED) is 0.674. The molecular formula is C26H34N4O6. The van der Waals surface area contributed by atoms with Crippen LogP contribution in [0.25, 0.3) is 0 Å². The van der Waals surface area contributed by atoms with Crippen LogP contribution in [0.3, 0.4) is 0 Å². The minimum absolute atomic E-state index is 0.0843. The lowest BCUT2D eigenvalue weighted by atomic mass is 10.0. The number of hydrogen-bond donors (Lipinski definition) is 1. The van der Waals surface area contributed by atoms with E-state index in [1.165, 1.54) is 7.11 Å². The SMILES string of the molecule is COCC(=O)Nc1ccc2c(c1)C(=O)N(C)C[C@@H](OC)[C@@H](C)CN(C(=O)c1ccccn1)[C@@H](C)CO2.